The fourth-order valence-corrected chi connectivity index (χ4v) is 5.58. The first-order valence-electron chi connectivity index (χ1n) is 15.5. The molecule has 0 bridgehead atoms. The quantitative estimate of drug-likeness (QED) is 0.189. The van der Waals surface area contributed by atoms with Crippen LogP contribution in [0.15, 0.2) is 78.9 Å². The minimum absolute atomic E-state index is 0.0717. The first-order chi connectivity index (χ1) is 20.2. The summed E-state index contributed by atoms with van der Waals surface area (Å²) >= 11 is 5.90. The van der Waals surface area contributed by atoms with Crippen molar-refractivity contribution >= 4 is 30.7 Å². The molecule has 0 atom stereocenters. The molecule has 6 heteroatoms. The summed E-state index contributed by atoms with van der Waals surface area (Å²) in [6.07, 6.45) is 17.5. The zero-order valence-electron chi connectivity index (χ0n) is 24.3. The Hall–Kier alpha value is -2.92. The van der Waals surface area contributed by atoms with Crippen LogP contribution in [0.4, 0.5) is 5.69 Å². The van der Waals surface area contributed by atoms with Crippen LogP contribution in [0.5, 0.6) is 17.2 Å². The predicted molar refractivity (Wildman–Crippen MR) is 171 cm³/mol. The Kier molecular flexibility index (Phi) is 13.5. The van der Waals surface area contributed by atoms with Crippen molar-refractivity contribution in [2.75, 3.05) is 10.8 Å². The summed E-state index contributed by atoms with van der Waals surface area (Å²) in [6, 6.07) is 25.2. The number of anilines is 1. The second-order valence-electron chi connectivity index (χ2n) is 11.1. The van der Waals surface area contributed by atoms with Crippen molar-refractivity contribution in [1.29, 1.82) is 0 Å². The van der Waals surface area contributed by atoms with E-state index in [4.69, 9.17) is 21.0 Å². The van der Waals surface area contributed by atoms with Gasteiger partial charge >= 0.3 is 7.48 Å². The van der Waals surface area contributed by atoms with Gasteiger partial charge in [-0.3, -0.25) is 4.79 Å². The van der Waals surface area contributed by atoms with Crippen LogP contribution in [0.1, 0.15) is 89.0 Å². The van der Waals surface area contributed by atoms with Crippen LogP contribution < -0.4 is 14.3 Å². The number of carbonyl (C=O) groups is 1. The monoisotopic (exact) mass is 572 g/mol. The molecule has 1 fully saturated rings. The molecule has 0 N–H and O–H groups in total. The number of hydrogen-bond donors (Lipinski definition) is 0. The summed E-state index contributed by atoms with van der Waals surface area (Å²) in [6.45, 7) is 0.464. The van der Waals surface area contributed by atoms with E-state index in [2.05, 4.69) is 7.48 Å². The minimum Gasteiger partial charge on any atom is -0.563 e. The average molecular weight is 573 g/mol. The molecule has 3 aromatic carbocycles. The molecule has 1 aliphatic carbocycles. The van der Waals surface area contributed by atoms with Crippen molar-refractivity contribution in [3.05, 3.63) is 84.4 Å². The largest absolute Gasteiger partial charge is 0.563 e. The third-order valence-corrected chi connectivity index (χ3v) is 8.08. The highest BCUT2D eigenvalue weighted by Gasteiger charge is 2.16. The van der Waals surface area contributed by atoms with Gasteiger partial charge in [-0.05, 0) is 59.9 Å². The van der Waals surface area contributed by atoms with E-state index in [1.165, 1.54) is 83.5 Å². The van der Waals surface area contributed by atoms with Crippen LogP contribution in [0.3, 0.4) is 0 Å². The van der Waals surface area contributed by atoms with Crippen LogP contribution in [0.2, 0.25) is 5.82 Å². The smallest absolute Gasteiger partial charge is 0.373 e. The Labute approximate surface area is 252 Å². The van der Waals surface area contributed by atoms with Gasteiger partial charge in [-0.1, -0.05) is 114 Å². The molecular formula is C35H44BClNO3. The van der Waals surface area contributed by atoms with Gasteiger partial charge in [-0.15, -0.1) is 11.6 Å². The molecule has 1 amide bonds. The second kappa shape index (κ2) is 17.8. The summed E-state index contributed by atoms with van der Waals surface area (Å²) in [7, 11) is 2.07. The standard InChI is InChI=1S/C35H44BClNO3/c37-27-35(39)38(28-29-15-11-10-12-16-29)31-19-21-32(22-20-31)40-33-23-25-34(26-24-33)41-36-30-17-13-8-6-4-2-1-3-5-7-9-14-18-30/h10-12,15-16,19-26,30H,1-9,13-14,17-18,27-28H2. The van der Waals surface area contributed by atoms with E-state index >= 15 is 0 Å². The van der Waals surface area contributed by atoms with Gasteiger partial charge in [0.05, 0.1) is 12.3 Å². The van der Waals surface area contributed by atoms with Gasteiger partial charge in [0.15, 0.2) is 0 Å². The third kappa shape index (κ3) is 11.1. The van der Waals surface area contributed by atoms with Crippen LogP contribution in [0.25, 0.3) is 0 Å². The summed E-state index contributed by atoms with van der Waals surface area (Å²) in [5.41, 5.74) is 1.83. The lowest BCUT2D eigenvalue weighted by Gasteiger charge is -2.22. The van der Waals surface area contributed by atoms with Crippen LogP contribution in [-0.4, -0.2) is 19.3 Å². The Morgan fingerprint density at radius 2 is 1.17 bits per heavy atom. The van der Waals surface area contributed by atoms with Gasteiger partial charge in [0.2, 0.25) is 5.91 Å². The molecule has 0 saturated heterocycles. The van der Waals surface area contributed by atoms with E-state index in [0.717, 1.165) is 22.7 Å². The fourth-order valence-electron chi connectivity index (χ4n) is 5.44. The average Bonchev–Trinajstić information content (AvgIpc) is 3.01. The van der Waals surface area contributed by atoms with Crippen molar-refractivity contribution in [2.45, 2.75) is 95.8 Å². The molecular weight excluding hydrogens is 529 g/mol. The van der Waals surface area contributed by atoms with E-state index in [9.17, 15) is 4.79 Å². The number of nitrogens with zero attached hydrogens (tertiary/aromatic N) is 1. The Morgan fingerprint density at radius 1 is 0.683 bits per heavy atom. The lowest BCUT2D eigenvalue weighted by molar-refractivity contribution is -0.116. The van der Waals surface area contributed by atoms with Gasteiger partial charge in [0, 0.05) is 5.69 Å². The Balaban J connectivity index is 1.28. The van der Waals surface area contributed by atoms with Crippen molar-refractivity contribution in [2.24, 2.45) is 0 Å². The number of benzene rings is 3. The first-order valence-corrected chi connectivity index (χ1v) is 16.0. The Bertz CT molecular complexity index is 1130. The van der Waals surface area contributed by atoms with Crippen molar-refractivity contribution in [1.82, 2.24) is 0 Å². The zero-order chi connectivity index (χ0) is 28.5. The first kappa shape index (κ1) is 31.0. The lowest BCUT2D eigenvalue weighted by Crippen LogP contribution is -2.31. The summed E-state index contributed by atoms with van der Waals surface area (Å²) in [5.74, 6) is 2.58. The molecule has 0 aromatic heterocycles. The number of hydrogen-bond acceptors (Lipinski definition) is 3. The molecule has 0 unspecified atom stereocenters. The second-order valence-corrected chi connectivity index (χ2v) is 11.4. The maximum absolute atomic E-state index is 12.5. The molecule has 4 rings (SSSR count). The number of halogens is 1. The molecule has 3 aromatic rings. The van der Waals surface area contributed by atoms with Crippen LogP contribution in [-0.2, 0) is 11.3 Å². The Morgan fingerprint density at radius 3 is 1.71 bits per heavy atom. The summed E-state index contributed by atoms with van der Waals surface area (Å²) in [4.78, 5) is 14.2. The summed E-state index contributed by atoms with van der Waals surface area (Å²) in [5, 5.41) is 0. The van der Waals surface area contributed by atoms with Crippen LogP contribution >= 0.6 is 11.6 Å². The number of carbonyl (C=O) groups excluding carboxylic acids is 1. The topological polar surface area (TPSA) is 38.8 Å². The molecule has 1 aliphatic rings. The predicted octanol–water partition coefficient (Wildman–Crippen LogP) is 10.1. The van der Waals surface area contributed by atoms with E-state index < -0.39 is 0 Å². The van der Waals surface area contributed by atoms with E-state index in [1.54, 1.807) is 4.90 Å². The van der Waals surface area contributed by atoms with E-state index in [0.29, 0.717) is 18.1 Å². The molecule has 0 aliphatic heterocycles. The molecule has 1 saturated carbocycles. The van der Waals surface area contributed by atoms with Crippen molar-refractivity contribution in [3.8, 4) is 17.2 Å². The highest BCUT2D eigenvalue weighted by atomic mass is 35.5. The maximum atomic E-state index is 12.5. The van der Waals surface area contributed by atoms with Gasteiger partial charge in [-0.25, -0.2) is 0 Å². The number of alkyl halides is 1. The minimum atomic E-state index is -0.140. The summed E-state index contributed by atoms with van der Waals surface area (Å²) < 4.78 is 12.2. The molecule has 1 radical (unpaired) electrons. The van der Waals surface area contributed by atoms with Crippen LogP contribution in [0, 0.1) is 0 Å². The third-order valence-electron chi connectivity index (χ3n) is 7.85. The number of amides is 1. The highest BCUT2D eigenvalue weighted by Crippen LogP contribution is 2.29. The molecule has 217 valence electrons. The number of rotatable bonds is 9. The molecule has 4 nitrogen and oxygen atoms in total. The maximum Gasteiger partial charge on any atom is 0.373 e. The molecule has 41 heavy (non-hydrogen) atoms. The van der Waals surface area contributed by atoms with Crippen molar-refractivity contribution in [3.63, 3.8) is 0 Å². The highest BCUT2D eigenvalue weighted by molar-refractivity contribution is 6.30. The van der Waals surface area contributed by atoms with Gasteiger partial charge < -0.3 is 14.3 Å². The SMILES string of the molecule is O=C(CCl)N(Cc1ccccc1)c1ccc(Oc2ccc(O[B]C3CCCCCCCCCCCCC3)cc2)cc1. The van der Waals surface area contributed by atoms with Crippen molar-refractivity contribution < 1.29 is 14.2 Å². The van der Waals surface area contributed by atoms with Gasteiger partial charge in [-0.2, -0.15) is 0 Å². The van der Waals surface area contributed by atoms with Gasteiger partial charge in [0.1, 0.15) is 17.4 Å². The molecule has 0 spiro atoms. The lowest BCUT2D eigenvalue weighted by atomic mass is 9.73. The normalized spacial score (nSPS) is 15.8. The molecule has 0 heterocycles. The van der Waals surface area contributed by atoms with E-state index in [1.807, 2.05) is 78.9 Å². The zero-order valence-corrected chi connectivity index (χ0v) is 25.1. The number of ether oxygens (including phenoxy) is 1. The van der Waals surface area contributed by atoms with Gasteiger partial charge in [0.25, 0.3) is 0 Å². The fraction of sp³-hybridized carbons (Fsp3) is 0.457. The van der Waals surface area contributed by atoms with E-state index in [-0.39, 0.29) is 11.8 Å².